The summed E-state index contributed by atoms with van der Waals surface area (Å²) >= 11 is 0. The van der Waals surface area contributed by atoms with Crippen molar-refractivity contribution in [3.8, 4) is 46.0 Å². The molecule has 0 aromatic heterocycles. The van der Waals surface area contributed by atoms with Crippen LogP contribution in [0.5, 0.6) is 46.0 Å². The van der Waals surface area contributed by atoms with Gasteiger partial charge in [-0.1, -0.05) is 66.7 Å². The molecule has 0 saturated carbocycles. The van der Waals surface area contributed by atoms with Gasteiger partial charge in [0.2, 0.25) is 0 Å². The first-order valence-electron chi connectivity index (χ1n) is 16.1. The third-order valence-electron chi connectivity index (χ3n) is 9.37. The molecule has 0 bridgehead atoms. The van der Waals surface area contributed by atoms with Gasteiger partial charge in [-0.25, -0.2) is 0 Å². The minimum Gasteiger partial charge on any atom is -0.508 e. The van der Waals surface area contributed by atoms with Crippen molar-refractivity contribution < 1.29 is 40.1 Å². The standard InChI is InChI=1S/C42H32O8/c43-28-12-8-24(9-13-28)41-38(27-17-30(45)19-31(46)18-27)39-34(20-33(48)22-36(39)50-41)40-37-26(7-6-23-4-2-1-3-5-23)16-32(47)21-35(37)49-42(40)25-10-14-29(44)15-11-25/h1-22,38,40-48H. The normalized spacial score (nSPS) is 19.1. The number of phenolic OH excluding ortho intramolecular Hbond substituents is 6. The van der Waals surface area contributed by atoms with Crippen LogP contribution < -0.4 is 9.47 Å². The third kappa shape index (κ3) is 5.56. The highest BCUT2D eigenvalue weighted by molar-refractivity contribution is 5.76. The Morgan fingerprint density at radius 2 is 0.940 bits per heavy atom. The van der Waals surface area contributed by atoms with Gasteiger partial charge >= 0.3 is 0 Å². The predicted molar refractivity (Wildman–Crippen MR) is 188 cm³/mol. The van der Waals surface area contributed by atoms with Gasteiger partial charge in [0, 0.05) is 29.3 Å². The van der Waals surface area contributed by atoms with Crippen LogP contribution in [-0.2, 0) is 0 Å². The Labute approximate surface area is 287 Å². The second-order valence-electron chi connectivity index (χ2n) is 12.6. The fraction of sp³-hybridized carbons (Fsp3) is 0.0952. The summed E-state index contributed by atoms with van der Waals surface area (Å²) in [7, 11) is 0. The fourth-order valence-electron chi connectivity index (χ4n) is 7.29. The summed E-state index contributed by atoms with van der Waals surface area (Å²) in [5.74, 6) is -0.385. The first-order valence-corrected chi connectivity index (χ1v) is 16.1. The molecule has 2 aliphatic rings. The van der Waals surface area contributed by atoms with Crippen LogP contribution in [0.4, 0.5) is 0 Å². The van der Waals surface area contributed by atoms with Gasteiger partial charge in [-0.05, 0) is 81.9 Å². The molecule has 8 nitrogen and oxygen atoms in total. The lowest BCUT2D eigenvalue weighted by atomic mass is 9.75. The fourth-order valence-corrected chi connectivity index (χ4v) is 7.29. The Morgan fingerprint density at radius 3 is 1.54 bits per heavy atom. The van der Waals surface area contributed by atoms with Gasteiger partial charge in [0.25, 0.3) is 0 Å². The number of ether oxygens (including phenoxy) is 2. The van der Waals surface area contributed by atoms with Gasteiger partial charge in [-0.3, -0.25) is 0 Å². The van der Waals surface area contributed by atoms with Crippen LogP contribution in [0.25, 0.3) is 12.2 Å². The average molecular weight is 665 g/mol. The molecule has 6 N–H and O–H groups in total. The zero-order valence-corrected chi connectivity index (χ0v) is 26.5. The molecule has 0 radical (unpaired) electrons. The lowest BCUT2D eigenvalue weighted by molar-refractivity contribution is 0.219. The van der Waals surface area contributed by atoms with Gasteiger partial charge in [-0.15, -0.1) is 0 Å². The van der Waals surface area contributed by atoms with E-state index in [-0.39, 0.29) is 34.5 Å². The lowest BCUT2D eigenvalue weighted by Crippen LogP contribution is -2.16. The topological polar surface area (TPSA) is 140 Å². The van der Waals surface area contributed by atoms with Gasteiger partial charge in [0.05, 0.1) is 11.8 Å². The Bertz CT molecular complexity index is 2220. The molecule has 50 heavy (non-hydrogen) atoms. The summed E-state index contributed by atoms with van der Waals surface area (Å²) < 4.78 is 13.3. The summed E-state index contributed by atoms with van der Waals surface area (Å²) in [4.78, 5) is 0. The van der Waals surface area contributed by atoms with Crippen molar-refractivity contribution in [1.29, 1.82) is 0 Å². The Hall–Kier alpha value is -6.54. The summed E-state index contributed by atoms with van der Waals surface area (Å²) in [5, 5.41) is 63.6. The highest BCUT2D eigenvalue weighted by Gasteiger charge is 2.46. The average Bonchev–Trinajstić information content (AvgIpc) is 3.67. The van der Waals surface area contributed by atoms with Crippen molar-refractivity contribution >= 4 is 12.2 Å². The van der Waals surface area contributed by atoms with E-state index in [1.54, 1.807) is 84.9 Å². The van der Waals surface area contributed by atoms with Crippen LogP contribution in [0.2, 0.25) is 0 Å². The molecule has 248 valence electrons. The first kappa shape index (κ1) is 30.8. The van der Waals surface area contributed by atoms with Crippen LogP contribution in [0.1, 0.15) is 68.6 Å². The van der Waals surface area contributed by atoms with Crippen LogP contribution in [-0.4, -0.2) is 30.6 Å². The molecule has 6 aromatic carbocycles. The van der Waals surface area contributed by atoms with E-state index in [4.69, 9.17) is 9.47 Å². The zero-order valence-electron chi connectivity index (χ0n) is 26.5. The Balaban J connectivity index is 1.38. The molecule has 0 saturated heterocycles. The molecule has 0 amide bonds. The monoisotopic (exact) mass is 664 g/mol. The van der Waals surface area contributed by atoms with E-state index in [0.29, 0.717) is 33.8 Å². The minimum atomic E-state index is -0.668. The lowest BCUT2D eigenvalue weighted by Gasteiger charge is -2.26. The molecule has 0 aliphatic carbocycles. The Kier molecular flexibility index (Phi) is 7.49. The number of fused-ring (bicyclic) bond motifs is 2. The molecule has 2 aliphatic heterocycles. The molecule has 0 spiro atoms. The number of rotatable bonds is 6. The third-order valence-corrected chi connectivity index (χ3v) is 9.37. The maximum atomic E-state index is 11.3. The van der Waals surface area contributed by atoms with E-state index >= 15 is 0 Å². The summed E-state index contributed by atoms with van der Waals surface area (Å²) in [6.45, 7) is 0. The van der Waals surface area contributed by atoms with E-state index in [2.05, 4.69) is 0 Å². The van der Waals surface area contributed by atoms with Crippen molar-refractivity contribution in [1.82, 2.24) is 0 Å². The number of benzene rings is 6. The number of hydrogen-bond acceptors (Lipinski definition) is 8. The number of hydrogen-bond donors (Lipinski definition) is 6. The summed E-state index contributed by atoms with van der Waals surface area (Å²) in [5.41, 5.74) is 5.86. The number of aromatic hydroxyl groups is 6. The van der Waals surface area contributed by atoms with Crippen LogP contribution >= 0.6 is 0 Å². The Morgan fingerprint density at radius 1 is 0.420 bits per heavy atom. The van der Waals surface area contributed by atoms with Crippen molar-refractivity contribution in [3.63, 3.8) is 0 Å². The van der Waals surface area contributed by atoms with Crippen LogP contribution in [0.15, 0.2) is 121 Å². The molecular weight excluding hydrogens is 632 g/mol. The molecule has 6 aromatic rings. The SMILES string of the molecule is Oc1ccc(C2Oc3cc(O)cc(C4c5c(C=Cc6ccccc6)cc(O)cc5OC4c4ccc(O)cc4)c3C2c2cc(O)cc(O)c2)cc1. The van der Waals surface area contributed by atoms with Gasteiger partial charge in [0.15, 0.2) is 0 Å². The second-order valence-corrected chi connectivity index (χ2v) is 12.6. The maximum absolute atomic E-state index is 11.3. The highest BCUT2D eigenvalue weighted by atomic mass is 16.5. The second kappa shape index (κ2) is 12.2. The van der Waals surface area contributed by atoms with E-state index < -0.39 is 24.0 Å². The van der Waals surface area contributed by atoms with Crippen molar-refractivity contribution in [3.05, 3.63) is 166 Å². The van der Waals surface area contributed by atoms with Crippen LogP contribution in [0.3, 0.4) is 0 Å². The van der Waals surface area contributed by atoms with E-state index in [1.807, 2.05) is 42.5 Å². The zero-order chi connectivity index (χ0) is 34.5. The highest BCUT2D eigenvalue weighted by Crippen LogP contribution is 2.59. The van der Waals surface area contributed by atoms with Crippen molar-refractivity contribution in [2.24, 2.45) is 0 Å². The quantitative estimate of drug-likeness (QED) is 0.0973. The largest absolute Gasteiger partial charge is 0.508 e. The molecule has 4 unspecified atom stereocenters. The first-order chi connectivity index (χ1) is 24.2. The molecule has 8 rings (SSSR count). The summed E-state index contributed by atoms with van der Waals surface area (Å²) in [6, 6.07) is 34.1. The molecular formula is C42H32O8. The minimum absolute atomic E-state index is 0.0199. The molecule has 4 atom stereocenters. The molecule has 0 fully saturated rings. The molecule has 2 heterocycles. The van der Waals surface area contributed by atoms with Crippen molar-refractivity contribution in [2.75, 3.05) is 0 Å². The smallest absolute Gasteiger partial charge is 0.135 e. The molecule has 8 heteroatoms. The van der Waals surface area contributed by atoms with E-state index in [9.17, 15) is 30.6 Å². The van der Waals surface area contributed by atoms with Crippen molar-refractivity contribution in [2.45, 2.75) is 24.0 Å². The van der Waals surface area contributed by atoms with E-state index in [1.165, 1.54) is 6.07 Å². The van der Waals surface area contributed by atoms with Gasteiger partial charge < -0.3 is 40.1 Å². The van der Waals surface area contributed by atoms with Crippen LogP contribution in [0, 0.1) is 0 Å². The van der Waals surface area contributed by atoms with E-state index in [0.717, 1.165) is 22.3 Å². The predicted octanol–water partition coefficient (Wildman–Crippen LogP) is 8.62. The number of phenols is 6. The maximum Gasteiger partial charge on any atom is 0.135 e. The van der Waals surface area contributed by atoms with Gasteiger partial charge in [0.1, 0.15) is 58.2 Å². The summed E-state index contributed by atoms with van der Waals surface area (Å²) in [6.07, 6.45) is 2.55. The van der Waals surface area contributed by atoms with Gasteiger partial charge in [-0.2, -0.15) is 0 Å².